The van der Waals surface area contributed by atoms with Crippen LogP contribution in [0.3, 0.4) is 0 Å². The first kappa shape index (κ1) is 12.7. The molecule has 0 saturated heterocycles. The Morgan fingerprint density at radius 2 is 1.78 bits per heavy atom. The molecule has 0 radical (unpaired) electrons. The fourth-order valence-corrected chi connectivity index (χ4v) is 1.94. The topological polar surface area (TPSA) is 35.2 Å². The number of nitrogens with two attached hydrogens (primary N) is 1. The predicted octanol–water partition coefficient (Wildman–Crippen LogP) is 3.41. The second-order valence-corrected chi connectivity index (χ2v) is 3.92. The molecule has 2 aromatic carbocycles. The molecule has 0 saturated carbocycles. The molecule has 0 aromatic heterocycles. The molecule has 2 N–H and O–H groups in total. The van der Waals surface area contributed by atoms with Gasteiger partial charge in [0.15, 0.2) is 0 Å². The van der Waals surface area contributed by atoms with Crippen molar-refractivity contribution >= 4 is 10.8 Å². The van der Waals surface area contributed by atoms with Gasteiger partial charge in [0.2, 0.25) is 0 Å². The van der Waals surface area contributed by atoms with Crippen LogP contribution in [0.4, 0.5) is 13.2 Å². The van der Waals surface area contributed by atoms with Gasteiger partial charge in [0, 0.05) is 5.56 Å². The van der Waals surface area contributed by atoms with Crippen LogP contribution < -0.4 is 10.5 Å². The van der Waals surface area contributed by atoms with E-state index in [1.54, 1.807) is 30.3 Å². The molecule has 2 aromatic rings. The van der Waals surface area contributed by atoms with Crippen LogP contribution in [0.15, 0.2) is 36.4 Å². The Balaban J connectivity index is 2.72. The van der Waals surface area contributed by atoms with Crippen LogP contribution in [-0.2, 0) is 0 Å². The lowest BCUT2D eigenvalue weighted by atomic mass is 9.97. The lowest BCUT2D eigenvalue weighted by molar-refractivity contribution is -0.149. The van der Waals surface area contributed by atoms with Crippen molar-refractivity contribution in [2.45, 2.75) is 12.2 Å². The molecule has 0 spiro atoms. The number of rotatable bonds is 2. The zero-order chi connectivity index (χ0) is 13.3. The zero-order valence-corrected chi connectivity index (χ0v) is 9.66. The highest BCUT2D eigenvalue weighted by molar-refractivity contribution is 5.88. The van der Waals surface area contributed by atoms with Crippen LogP contribution in [0.1, 0.15) is 11.6 Å². The van der Waals surface area contributed by atoms with Gasteiger partial charge in [0.1, 0.15) is 11.8 Å². The van der Waals surface area contributed by atoms with Crippen LogP contribution in [0, 0.1) is 0 Å². The number of alkyl halides is 3. The van der Waals surface area contributed by atoms with E-state index in [1.165, 1.54) is 13.2 Å². The number of hydrogen-bond donors (Lipinski definition) is 1. The van der Waals surface area contributed by atoms with E-state index in [0.717, 1.165) is 0 Å². The van der Waals surface area contributed by atoms with Crippen LogP contribution in [0.5, 0.6) is 5.75 Å². The van der Waals surface area contributed by atoms with Gasteiger partial charge in [0.05, 0.1) is 7.11 Å². The van der Waals surface area contributed by atoms with Gasteiger partial charge in [-0.15, -0.1) is 0 Å². The van der Waals surface area contributed by atoms with Gasteiger partial charge in [-0.25, -0.2) is 0 Å². The molecule has 0 unspecified atom stereocenters. The lowest BCUT2D eigenvalue weighted by Crippen LogP contribution is -2.29. The van der Waals surface area contributed by atoms with Crippen molar-refractivity contribution in [3.8, 4) is 5.75 Å². The Hall–Kier alpha value is -1.75. The summed E-state index contributed by atoms with van der Waals surface area (Å²) in [7, 11) is 1.33. The number of ether oxygens (including phenoxy) is 1. The maximum absolute atomic E-state index is 12.8. The zero-order valence-electron chi connectivity index (χ0n) is 9.66. The van der Waals surface area contributed by atoms with Gasteiger partial charge in [-0.3, -0.25) is 0 Å². The van der Waals surface area contributed by atoms with Crippen molar-refractivity contribution in [2.24, 2.45) is 5.73 Å². The highest BCUT2D eigenvalue weighted by Crippen LogP contribution is 2.39. The molecule has 0 fully saturated rings. The molecular formula is C13H12F3NO. The van der Waals surface area contributed by atoms with E-state index in [0.29, 0.717) is 10.8 Å². The predicted molar refractivity (Wildman–Crippen MR) is 63.5 cm³/mol. The third-order valence-corrected chi connectivity index (χ3v) is 2.81. The van der Waals surface area contributed by atoms with Crippen molar-refractivity contribution in [1.29, 1.82) is 0 Å². The third-order valence-electron chi connectivity index (χ3n) is 2.81. The van der Waals surface area contributed by atoms with Crippen molar-refractivity contribution in [1.82, 2.24) is 0 Å². The molecular weight excluding hydrogens is 243 g/mol. The van der Waals surface area contributed by atoms with E-state index in [2.05, 4.69) is 0 Å². The lowest BCUT2D eigenvalue weighted by Gasteiger charge is -2.20. The Labute approximate surface area is 102 Å². The maximum Gasteiger partial charge on any atom is 0.407 e. The van der Waals surface area contributed by atoms with E-state index in [4.69, 9.17) is 10.5 Å². The second-order valence-electron chi connectivity index (χ2n) is 3.92. The van der Waals surface area contributed by atoms with E-state index in [-0.39, 0.29) is 11.3 Å². The number of methoxy groups -OCH3 is 1. The summed E-state index contributed by atoms with van der Waals surface area (Å²) in [4.78, 5) is 0. The first-order valence-corrected chi connectivity index (χ1v) is 5.33. The maximum atomic E-state index is 12.8. The molecule has 0 heterocycles. The molecule has 96 valence electrons. The van der Waals surface area contributed by atoms with Crippen molar-refractivity contribution in [2.75, 3.05) is 7.11 Å². The number of hydrogen-bond acceptors (Lipinski definition) is 2. The summed E-state index contributed by atoms with van der Waals surface area (Å²) in [6.45, 7) is 0. The van der Waals surface area contributed by atoms with E-state index >= 15 is 0 Å². The Bertz CT molecular complexity index is 566. The fourth-order valence-electron chi connectivity index (χ4n) is 1.94. The van der Waals surface area contributed by atoms with Gasteiger partial charge in [-0.05, 0) is 16.8 Å². The van der Waals surface area contributed by atoms with Crippen molar-refractivity contribution in [3.05, 3.63) is 42.0 Å². The van der Waals surface area contributed by atoms with Gasteiger partial charge in [-0.2, -0.15) is 13.2 Å². The molecule has 0 amide bonds. The smallest absolute Gasteiger partial charge is 0.407 e. The summed E-state index contributed by atoms with van der Waals surface area (Å²) in [6.07, 6.45) is -4.50. The van der Waals surface area contributed by atoms with Gasteiger partial charge < -0.3 is 10.5 Å². The molecule has 0 aliphatic carbocycles. The molecule has 2 rings (SSSR count). The highest BCUT2D eigenvalue weighted by atomic mass is 19.4. The molecule has 0 aliphatic heterocycles. The first-order valence-electron chi connectivity index (χ1n) is 5.33. The van der Waals surface area contributed by atoms with E-state index < -0.39 is 12.2 Å². The summed E-state index contributed by atoms with van der Waals surface area (Å²) in [5, 5.41) is 1.16. The van der Waals surface area contributed by atoms with Gasteiger partial charge in [-0.1, -0.05) is 30.3 Å². The standard InChI is InChI=1S/C13H12F3NO/c1-18-10-7-6-8-4-2-3-5-9(8)11(10)12(17)13(14,15)16/h2-7,12H,17H2,1H3/t12-/m1/s1. The van der Waals surface area contributed by atoms with Gasteiger partial charge in [0.25, 0.3) is 0 Å². The minimum absolute atomic E-state index is 0.0249. The summed E-state index contributed by atoms with van der Waals surface area (Å²) in [5.41, 5.74) is 5.28. The average Bonchev–Trinajstić information content (AvgIpc) is 2.35. The number of fused-ring (bicyclic) bond motifs is 1. The second kappa shape index (κ2) is 4.49. The van der Waals surface area contributed by atoms with Crippen LogP contribution in [0.2, 0.25) is 0 Å². The molecule has 2 nitrogen and oxygen atoms in total. The SMILES string of the molecule is COc1ccc2ccccc2c1[C@@H](N)C(F)(F)F. The Kier molecular flexibility index (Phi) is 3.17. The van der Waals surface area contributed by atoms with E-state index in [9.17, 15) is 13.2 Å². The Morgan fingerprint density at radius 1 is 1.11 bits per heavy atom. The first-order chi connectivity index (χ1) is 8.45. The van der Waals surface area contributed by atoms with Gasteiger partial charge >= 0.3 is 6.18 Å². The van der Waals surface area contributed by atoms with Crippen LogP contribution in [-0.4, -0.2) is 13.3 Å². The fraction of sp³-hybridized carbons (Fsp3) is 0.231. The normalized spacial score (nSPS) is 13.6. The van der Waals surface area contributed by atoms with E-state index in [1.807, 2.05) is 0 Å². The van der Waals surface area contributed by atoms with Crippen LogP contribution in [0.25, 0.3) is 10.8 Å². The van der Waals surface area contributed by atoms with Crippen LogP contribution >= 0.6 is 0 Å². The number of halogens is 3. The molecule has 18 heavy (non-hydrogen) atoms. The number of benzene rings is 2. The molecule has 0 bridgehead atoms. The molecule has 0 aliphatic rings. The van der Waals surface area contributed by atoms with Crippen molar-refractivity contribution in [3.63, 3.8) is 0 Å². The monoisotopic (exact) mass is 255 g/mol. The summed E-state index contributed by atoms with van der Waals surface area (Å²) in [6, 6.07) is 7.94. The Morgan fingerprint density at radius 3 is 2.39 bits per heavy atom. The third kappa shape index (κ3) is 2.13. The molecule has 1 atom stereocenters. The highest BCUT2D eigenvalue weighted by Gasteiger charge is 2.40. The largest absolute Gasteiger partial charge is 0.496 e. The minimum Gasteiger partial charge on any atom is -0.496 e. The summed E-state index contributed by atoms with van der Waals surface area (Å²) in [5.74, 6) is 0.151. The molecule has 5 heteroatoms. The quantitative estimate of drug-likeness (QED) is 0.892. The minimum atomic E-state index is -4.50. The summed E-state index contributed by atoms with van der Waals surface area (Å²) < 4.78 is 43.4. The van der Waals surface area contributed by atoms with Crippen molar-refractivity contribution < 1.29 is 17.9 Å². The summed E-state index contributed by atoms with van der Waals surface area (Å²) >= 11 is 0. The average molecular weight is 255 g/mol.